The number of rotatable bonds is 5. The number of hydrogen-bond donors (Lipinski definition) is 1. The topological polar surface area (TPSA) is 41.9 Å². The van der Waals surface area contributed by atoms with Crippen LogP contribution >= 0.6 is 15.9 Å². The van der Waals surface area contributed by atoms with Gasteiger partial charge in [0.05, 0.1) is 13.2 Å². The van der Waals surface area contributed by atoms with Gasteiger partial charge in [-0.3, -0.25) is 4.84 Å². The summed E-state index contributed by atoms with van der Waals surface area (Å²) in [6, 6.07) is 9.57. The molecule has 1 aromatic rings. The van der Waals surface area contributed by atoms with E-state index in [1.165, 1.54) is 0 Å². The monoisotopic (exact) mass is 315 g/mol. The molecule has 1 heterocycles. The maximum absolute atomic E-state index is 10.6. The Bertz CT molecular complexity index is 357. The SMILES string of the molecule is OC(CBr)(CON1CCOCC1)c1ccccc1. The van der Waals surface area contributed by atoms with Crippen LogP contribution < -0.4 is 0 Å². The van der Waals surface area contributed by atoms with Gasteiger partial charge in [0, 0.05) is 18.4 Å². The van der Waals surface area contributed by atoms with Crippen LogP contribution in [-0.4, -0.2) is 48.4 Å². The third-order valence-electron chi connectivity index (χ3n) is 2.99. The molecule has 0 aromatic heterocycles. The van der Waals surface area contributed by atoms with Crippen LogP contribution in [-0.2, 0) is 15.2 Å². The number of hydroxylamine groups is 2. The van der Waals surface area contributed by atoms with Crippen molar-refractivity contribution in [2.24, 2.45) is 0 Å². The minimum Gasteiger partial charge on any atom is -0.382 e. The molecule has 5 heteroatoms. The summed E-state index contributed by atoms with van der Waals surface area (Å²) in [4.78, 5) is 5.67. The molecule has 1 unspecified atom stereocenters. The van der Waals surface area contributed by atoms with Crippen molar-refractivity contribution in [3.05, 3.63) is 35.9 Å². The third-order valence-corrected chi connectivity index (χ3v) is 3.92. The Morgan fingerprint density at radius 1 is 1.28 bits per heavy atom. The van der Waals surface area contributed by atoms with E-state index in [1.54, 1.807) is 0 Å². The predicted molar refractivity (Wildman–Crippen MR) is 72.5 cm³/mol. The first-order valence-electron chi connectivity index (χ1n) is 6.04. The fourth-order valence-electron chi connectivity index (χ4n) is 1.82. The molecule has 1 fully saturated rings. The maximum atomic E-state index is 10.6. The van der Waals surface area contributed by atoms with Crippen LogP contribution in [0.3, 0.4) is 0 Å². The number of alkyl halides is 1. The van der Waals surface area contributed by atoms with E-state index in [9.17, 15) is 5.11 Å². The quantitative estimate of drug-likeness (QED) is 0.837. The van der Waals surface area contributed by atoms with Crippen molar-refractivity contribution in [3.63, 3.8) is 0 Å². The highest BCUT2D eigenvalue weighted by molar-refractivity contribution is 9.09. The molecule has 100 valence electrons. The summed E-state index contributed by atoms with van der Waals surface area (Å²) < 4.78 is 5.25. The van der Waals surface area contributed by atoms with Crippen LogP contribution in [0, 0.1) is 0 Å². The summed E-state index contributed by atoms with van der Waals surface area (Å²) in [5.74, 6) is 0. The van der Waals surface area contributed by atoms with Gasteiger partial charge < -0.3 is 9.84 Å². The summed E-state index contributed by atoms with van der Waals surface area (Å²) in [5, 5.41) is 12.9. The molecular formula is C13H18BrNO3. The molecule has 0 amide bonds. The van der Waals surface area contributed by atoms with Gasteiger partial charge in [-0.2, -0.15) is 5.06 Å². The number of aliphatic hydroxyl groups is 1. The Morgan fingerprint density at radius 3 is 2.56 bits per heavy atom. The minimum atomic E-state index is -1.00. The lowest BCUT2D eigenvalue weighted by molar-refractivity contribution is -0.223. The van der Waals surface area contributed by atoms with E-state index >= 15 is 0 Å². The van der Waals surface area contributed by atoms with Crippen molar-refractivity contribution in [2.75, 3.05) is 38.2 Å². The van der Waals surface area contributed by atoms with Crippen LogP contribution in [0.5, 0.6) is 0 Å². The lowest BCUT2D eigenvalue weighted by Crippen LogP contribution is -2.42. The first-order chi connectivity index (χ1) is 8.74. The van der Waals surface area contributed by atoms with Crippen molar-refractivity contribution in [1.29, 1.82) is 0 Å². The summed E-state index contributed by atoms with van der Waals surface area (Å²) in [6.45, 7) is 3.08. The molecule has 18 heavy (non-hydrogen) atoms. The van der Waals surface area contributed by atoms with E-state index in [1.807, 2.05) is 35.4 Å². The van der Waals surface area contributed by atoms with Crippen LogP contribution in [0.2, 0.25) is 0 Å². The fraction of sp³-hybridized carbons (Fsp3) is 0.538. The zero-order valence-electron chi connectivity index (χ0n) is 10.2. The molecule has 0 spiro atoms. The van der Waals surface area contributed by atoms with Gasteiger partial charge in [0.1, 0.15) is 12.2 Å². The molecule has 0 radical (unpaired) electrons. The molecular weight excluding hydrogens is 298 g/mol. The Morgan fingerprint density at radius 2 is 1.94 bits per heavy atom. The Balaban J connectivity index is 1.95. The first kappa shape index (κ1) is 14.0. The maximum Gasteiger partial charge on any atom is 0.124 e. The molecule has 1 N–H and O–H groups in total. The van der Waals surface area contributed by atoms with Crippen LogP contribution in [0.1, 0.15) is 5.56 Å². The molecule has 1 aromatic carbocycles. The molecule has 0 saturated carbocycles. The van der Waals surface area contributed by atoms with Gasteiger partial charge in [-0.15, -0.1) is 0 Å². The van der Waals surface area contributed by atoms with Crippen molar-refractivity contribution in [2.45, 2.75) is 5.60 Å². The van der Waals surface area contributed by atoms with Crippen molar-refractivity contribution < 1.29 is 14.7 Å². The molecule has 0 bridgehead atoms. The second kappa shape index (κ2) is 6.63. The fourth-order valence-corrected chi connectivity index (χ4v) is 2.31. The minimum absolute atomic E-state index is 0.238. The number of ether oxygens (including phenoxy) is 1. The highest BCUT2D eigenvalue weighted by Crippen LogP contribution is 2.24. The zero-order chi connectivity index (χ0) is 12.8. The summed E-state index contributed by atoms with van der Waals surface area (Å²) >= 11 is 3.36. The number of nitrogens with zero attached hydrogens (tertiary/aromatic N) is 1. The number of morpholine rings is 1. The molecule has 1 aliphatic rings. The molecule has 1 aliphatic heterocycles. The summed E-state index contributed by atoms with van der Waals surface area (Å²) in [7, 11) is 0. The van der Waals surface area contributed by atoms with E-state index in [-0.39, 0.29) is 6.61 Å². The highest BCUT2D eigenvalue weighted by Gasteiger charge is 2.29. The van der Waals surface area contributed by atoms with Gasteiger partial charge in [0.25, 0.3) is 0 Å². The number of halogens is 1. The highest BCUT2D eigenvalue weighted by atomic mass is 79.9. The van der Waals surface area contributed by atoms with Gasteiger partial charge in [-0.25, -0.2) is 0 Å². The lowest BCUT2D eigenvalue weighted by Gasteiger charge is -2.31. The molecule has 4 nitrogen and oxygen atoms in total. The second-order valence-electron chi connectivity index (χ2n) is 4.35. The molecule has 2 rings (SSSR count). The average Bonchev–Trinajstić information content (AvgIpc) is 2.47. The Hall–Kier alpha value is -0.460. The van der Waals surface area contributed by atoms with E-state index in [2.05, 4.69) is 15.9 Å². The smallest absolute Gasteiger partial charge is 0.124 e. The van der Waals surface area contributed by atoms with Crippen LogP contribution in [0.4, 0.5) is 0 Å². The van der Waals surface area contributed by atoms with Crippen molar-refractivity contribution in [3.8, 4) is 0 Å². The van der Waals surface area contributed by atoms with E-state index in [0.717, 1.165) is 18.7 Å². The molecule has 1 atom stereocenters. The van der Waals surface area contributed by atoms with Gasteiger partial charge in [-0.1, -0.05) is 46.3 Å². The second-order valence-corrected chi connectivity index (χ2v) is 4.91. The third kappa shape index (κ3) is 3.52. The van der Waals surface area contributed by atoms with Gasteiger partial charge in [0.2, 0.25) is 0 Å². The van der Waals surface area contributed by atoms with Gasteiger partial charge in [-0.05, 0) is 5.56 Å². The van der Waals surface area contributed by atoms with Gasteiger partial charge in [0.15, 0.2) is 0 Å². The Kier molecular flexibility index (Phi) is 5.14. The molecule has 1 saturated heterocycles. The predicted octanol–water partition coefficient (Wildman–Crippen LogP) is 1.53. The largest absolute Gasteiger partial charge is 0.382 e. The first-order valence-corrected chi connectivity index (χ1v) is 7.16. The van der Waals surface area contributed by atoms with E-state index in [0.29, 0.717) is 18.5 Å². The van der Waals surface area contributed by atoms with Gasteiger partial charge >= 0.3 is 0 Å². The van der Waals surface area contributed by atoms with Crippen LogP contribution in [0.25, 0.3) is 0 Å². The Labute approximate surface area is 116 Å². The standard InChI is InChI=1S/C13H18BrNO3/c14-10-13(16,12-4-2-1-3-5-12)11-18-15-6-8-17-9-7-15/h1-5,16H,6-11H2. The van der Waals surface area contributed by atoms with Crippen molar-refractivity contribution in [1.82, 2.24) is 5.06 Å². The summed E-state index contributed by atoms with van der Waals surface area (Å²) in [6.07, 6.45) is 0. The number of hydrogen-bond acceptors (Lipinski definition) is 4. The normalized spacial score (nSPS) is 20.6. The summed E-state index contributed by atoms with van der Waals surface area (Å²) in [5.41, 5.74) is -0.144. The molecule has 0 aliphatic carbocycles. The van der Waals surface area contributed by atoms with Crippen LogP contribution in [0.15, 0.2) is 30.3 Å². The zero-order valence-corrected chi connectivity index (χ0v) is 11.8. The van der Waals surface area contributed by atoms with E-state index in [4.69, 9.17) is 9.57 Å². The van der Waals surface area contributed by atoms with Crippen molar-refractivity contribution >= 4 is 15.9 Å². The number of benzene rings is 1. The lowest BCUT2D eigenvalue weighted by atomic mass is 9.97. The average molecular weight is 316 g/mol. The van der Waals surface area contributed by atoms with E-state index < -0.39 is 5.60 Å².